The molecule has 0 atom stereocenters. The zero-order valence-electron chi connectivity index (χ0n) is 16.5. The highest BCUT2D eigenvalue weighted by molar-refractivity contribution is 6.46. The quantitative estimate of drug-likeness (QED) is 0.637. The number of hydrogen-bond acceptors (Lipinski definition) is 4. The molecule has 0 bridgehead atoms. The van der Waals surface area contributed by atoms with Crippen LogP contribution in [0.25, 0.3) is 5.57 Å². The van der Waals surface area contributed by atoms with Gasteiger partial charge in [0.15, 0.2) is 0 Å². The van der Waals surface area contributed by atoms with Crippen LogP contribution >= 0.6 is 0 Å². The average molecular weight is 402 g/mol. The number of anilines is 2. The van der Waals surface area contributed by atoms with Gasteiger partial charge >= 0.3 is 0 Å². The van der Waals surface area contributed by atoms with Crippen molar-refractivity contribution in [3.63, 3.8) is 0 Å². The van der Waals surface area contributed by atoms with Crippen LogP contribution in [0.5, 0.6) is 5.75 Å². The van der Waals surface area contributed by atoms with Crippen LogP contribution in [0.1, 0.15) is 11.1 Å². The van der Waals surface area contributed by atoms with Crippen LogP contribution in [-0.2, 0) is 9.59 Å². The van der Waals surface area contributed by atoms with Gasteiger partial charge in [0.25, 0.3) is 11.8 Å². The van der Waals surface area contributed by atoms with Crippen LogP contribution in [0.15, 0.2) is 78.5 Å². The Balaban J connectivity index is 1.87. The standard InChI is InChI=1S/C24H19FN2O3/c1-15-12-13-20(30-2)18(14-15)26-22-21(16-8-4-3-5-9-16)23(28)27(24(22)29)19-11-7-6-10-17(19)25/h3-14,26H,1-2H3. The lowest BCUT2D eigenvalue weighted by Gasteiger charge is -2.16. The van der Waals surface area contributed by atoms with Gasteiger partial charge in [-0.15, -0.1) is 0 Å². The van der Waals surface area contributed by atoms with Gasteiger partial charge in [0.2, 0.25) is 0 Å². The Morgan fingerprint density at radius 2 is 1.60 bits per heavy atom. The molecule has 1 aliphatic rings. The van der Waals surface area contributed by atoms with Crippen molar-refractivity contribution >= 4 is 28.8 Å². The molecule has 4 rings (SSSR count). The number of amides is 2. The fourth-order valence-electron chi connectivity index (χ4n) is 3.42. The molecule has 5 nitrogen and oxygen atoms in total. The van der Waals surface area contributed by atoms with E-state index in [9.17, 15) is 14.0 Å². The van der Waals surface area contributed by atoms with E-state index >= 15 is 0 Å². The number of halogens is 1. The van der Waals surface area contributed by atoms with E-state index in [-0.39, 0.29) is 17.0 Å². The maximum atomic E-state index is 14.4. The molecular weight excluding hydrogens is 383 g/mol. The summed E-state index contributed by atoms with van der Waals surface area (Å²) in [5, 5.41) is 3.07. The van der Waals surface area contributed by atoms with E-state index in [1.165, 1.54) is 25.3 Å². The molecule has 0 aromatic heterocycles. The molecule has 1 N–H and O–H groups in total. The number of nitrogens with one attached hydrogen (secondary N) is 1. The molecule has 0 spiro atoms. The third kappa shape index (κ3) is 3.33. The average Bonchev–Trinajstić information content (AvgIpc) is 2.99. The molecule has 1 heterocycles. The first-order chi connectivity index (χ1) is 14.5. The van der Waals surface area contributed by atoms with E-state index in [4.69, 9.17) is 4.74 Å². The lowest BCUT2D eigenvalue weighted by molar-refractivity contribution is -0.120. The Bertz CT molecular complexity index is 1170. The number of nitrogens with zero attached hydrogens (tertiary/aromatic N) is 1. The van der Waals surface area contributed by atoms with Crippen molar-refractivity contribution in [2.75, 3.05) is 17.3 Å². The second kappa shape index (κ2) is 7.83. The largest absolute Gasteiger partial charge is 0.495 e. The first kappa shape index (κ1) is 19.4. The van der Waals surface area contributed by atoms with E-state index in [1.807, 2.05) is 25.1 Å². The van der Waals surface area contributed by atoms with Crippen molar-refractivity contribution in [3.05, 3.63) is 95.4 Å². The third-order valence-electron chi connectivity index (χ3n) is 4.85. The Hall–Kier alpha value is -3.93. The van der Waals surface area contributed by atoms with E-state index in [0.717, 1.165) is 10.5 Å². The number of para-hydroxylation sites is 1. The number of methoxy groups -OCH3 is 1. The van der Waals surface area contributed by atoms with Crippen molar-refractivity contribution in [2.24, 2.45) is 0 Å². The summed E-state index contributed by atoms with van der Waals surface area (Å²) >= 11 is 0. The summed E-state index contributed by atoms with van der Waals surface area (Å²) in [6, 6.07) is 20.0. The summed E-state index contributed by atoms with van der Waals surface area (Å²) in [6.45, 7) is 1.91. The van der Waals surface area contributed by atoms with Crippen LogP contribution in [0.4, 0.5) is 15.8 Å². The molecule has 0 fully saturated rings. The molecule has 3 aromatic carbocycles. The molecule has 0 saturated heterocycles. The van der Waals surface area contributed by atoms with Gasteiger partial charge < -0.3 is 10.1 Å². The first-order valence-corrected chi connectivity index (χ1v) is 9.36. The maximum Gasteiger partial charge on any atom is 0.282 e. The van der Waals surface area contributed by atoms with E-state index in [2.05, 4.69) is 5.32 Å². The number of imide groups is 1. The Kier molecular flexibility index (Phi) is 5.06. The van der Waals surface area contributed by atoms with Crippen molar-refractivity contribution in [3.8, 4) is 5.75 Å². The smallest absolute Gasteiger partial charge is 0.282 e. The lowest BCUT2D eigenvalue weighted by atomic mass is 10.0. The second-order valence-electron chi connectivity index (χ2n) is 6.84. The highest BCUT2D eigenvalue weighted by atomic mass is 19.1. The monoisotopic (exact) mass is 402 g/mol. The summed E-state index contributed by atoms with van der Waals surface area (Å²) in [6.07, 6.45) is 0. The lowest BCUT2D eigenvalue weighted by Crippen LogP contribution is -2.33. The molecule has 150 valence electrons. The number of benzene rings is 3. The molecule has 0 aliphatic carbocycles. The molecule has 6 heteroatoms. The molecule has 1 aliphatic heterocycles. The van der Waals surface area contributed by atoms with Crippen molar-refractivity contribution in [1.29, 1.82) is 0 Å². The number of hydrogen-bond donors (Lipinski definition) is 1. The number of carbonyl (C=O) groups excluding carboxylic acids is 2. The van der Waals surface area contributed by atoms with Crippen LogP contribution < -0.4 is 15.0 Å². The van der Waals surface area contributed by atoms with Gasteiger partial charge in [-0.2, -0.15) is 0 Å². The minimum atomic E-state index is -0.652. The fraction of sp³-hybridized carbons (Fsp3) is 0.0833. The molecule has 3 aromatic rings. The predicted molar refractivity (Wildman–Crippen MR) is 114 cm³/mol. The number of rotatable bonds is 5. The highest BCUT2D eigenvalue weighted by Crippen LogP contribution is 2.36. The summed E-state index contributed by atoms with van der Waals surface area (Å²) < 4.78 is 19.8. The van der Waals surface area contributed by atoms with Crippen molar-refractivity contribution < 1.29 is 18.7 Å². The summed E-state index contributed by atoms with van der Waals surface area (Å²) in [5.41, 5.74) is 2.20. The first-order valence-electron chi connectivity index (χ1n) is 9.36. The van der Waals surface area contributed by atoms with Crippen LogP contribution in [-0.4, -0.2) is 18.9 Å². The Labute approximate surface area is 173 Å². The summed E-state index contributed by atoms with van der Waals surface area (Å²) in [5.74, 6) is -1.36. The molecule has 0 unspecified atom stereocenters. The molecule has 0 radical (unpaired) electrons. The predicted octanol–water partition coefficient (Wildman–Crippen LogP) is 4.54. The number of aryl methyl sites for hydroxylation is 1. The molecule has 0 saturated carbocycles. The minimum Gasteiger partial charge on any atom is -0.495 e. The molecular formula is C24H19FN2O3. The van der Waals surface area contributed by atoms with Gasteiger partial charge in [-0.05, 0) is 42.3 Å². The number of ether oxygens (including phenoxy) is 1. The van der Waals surface area contributed by atoms with E-state index < -0.39 is 17.6 Å². The van der Waals surface area contributed by atoms with Crippen molar-refractivity contribution in [1.82, 2.24) is 0 Å². The second-order valence-corrected chi connectivity index (χ2v) is 6.84. The third-order valence-corrected chi connectivity index (χ3v) is 4.85. The van der Waals surface area contributed by atoms with Crippen LogP contribution in [0, 0.1) is 12.7 Å². The summed E-state index contributed by atoms with van der Waals surface area (Å²) in [4.78, 5) is 27.5. The maximum absolute atomic E-state index is 14.4. The van der Waals surface area contributed by atoms with Gasteiger partial charge in [-0.25, -0.2) is 9.29 Å². The van der Waals surface area contributed by atoms with Gasteiger partial charge in [-0.1, -0.05) is 48.5 Å². The van der Waals surface area contributed by atoms with Gasteiger partial charge in [0.05, 0.1) is 24.1 Å². The van der Waals surface area contributed by atoms with Crippen LogP contribution in [0.3, 0.4) is 0 Å². The zero-order valence-corrected chi connectivity index (χ0v) is 16.5. The highest BCUT2D eigenvalue weighted by Gasteiger charge is 2.41. The van der Waals surface area contributed by atoms with Gasteiger partial charge in [-0.3, -0.25) is 9.59 Å². The normalized spacial score (nSPS) is 13.8. The van der Waals surface area contributed by atoms with Gasteiger partial charge in [0.1, 0.15) is 17.3 Å². The zero-order chi connectivity index (χ0) is 21.3. The summed E-state index contributed by atoms with van der Waals surface area (Å²) in [7, 11) is 1.52. The molecule has 30 heavy (non-hydrogen) atoms. The fourth-order valence-corrected chi connectivity index (χ4v) is 3.42. The van der Waals surface area contributed by atoms with E-state index in [1.54, 1.807) is 36.4 Å². The molecule has 2 amide bonds. The topological polar surface area (TPSA) is 58.6 Å². The number of carbonyl (C=O) groups is 2. The Morgan fingerprint density at radius 3 is 2.30 bits per heavy atom. The van der Waals surface area contributed by atoms with Crippen molar-refractivity contribution in [2.45, 2.75) is 6.92 Å². The van der Waals surface area contributed by atoms with Gasteiger partial charge in [0, 0.05) is 0 Å². The van der Waals surface area contributed by atoms with E-state index in [0.29, 0.717) is 17.0 Å². The SMILES string of the molecule is COc1ccc(C)cc1NC1=C(c2ccccc2)C(=O)N(c2ccccc2F)C1=O. The minimum absolute atomic E-state index is 0.0679. The van der Waals surface area contributed by atoms with Crippen LogP contribution in [0.2, 0.25) is 0 Å². The Morgan fingerprint density at radius 1 is 0.900 bits per heavy atom.